The van der Waals surface area contributed by atoms with Crippen molar-refractivity contribution in [2.45, 2.75) is 11.2 Å². The molecule has 0 saturated heterocycles. The number of hydrogen-bond donors (Lipinski definition) is 1. The van der Waals surface area contributed by atoms with Crippen molar-refractivity contribution in [3.8, 4) is 5.69 Å². The third-order valence-electron chi connectivity index (χ3n) is 4.40. The summed E-state index contributed by atoms with van der Waals surface area (Å²) in [6, 6.07) is 25.3. The Morgan fingerprint density at radius 3 is 2.27 bits per heavy atom. The van der Waals surface area contributed by atoms with Crippen molar-refractivity contribution in [1.29, 1.82) is 0 Å². The lowest BCUT2D eigenvalue weighted by molar-refractivity contribution is -0.119. The number of nitrogens with one attached hydrogen (secondary N) is 1. The predicted molar refractivity (Wildman–Crippen MR) is 113 cm³/mol. The maximum atomic E-state index is 13.5. The number of rotatable bonds is 7. The molecule has 8 heteroatoms. The van der Waals surface area contributed by atoms with Crippen LogP contribution in [0.3, 0.4) is 0 Å². The third-order valence-corrected chi connectivity index (χ3v) is 5.32. The first-order valence-electron chi connectivity index (χ1n) is 9.27. The van der Waals surface area contributed by atoms with E-state index in [2.05, 4.69) is 20.8 Å². The van der Waals surface area contributed by atoms with Crippen LogP contribution in [-0.4, -0.2) is 31.9 Å². The van der Waals surface area contributed by atoms with Crippen LogP contribution in [0.15, 0.2) is 90.1 Å². The minimum atomic E-state index is -0.384. The first-order chi connectivity index (χ1) is 14.7. The van der Waals surface area contributed by atoms with Gasteiger partial charge in [-0.3, -0.25) is 4.79 Å². The van der Waals surface area contributed by atoms with Crippen LogP contribution in [0.2, 0.25) is 0 Å². The Bertz CT molecular complexity index is 1080. The van der Waals surface area contributed by atoms with Gasteiger partial charge >= 0.3 is 0 Å². The van der Waals surface area contributed by atoms with Gasteiger partial charge in [-0.25, -0.2) is 4.39 Å². The Kier molecular flexibility index (Phi) is 6.14. The van der Waals surface area contributed by atoms with E-state index in [0.717, 1.165) is 11.1 Å². The van der Waals surface area contributed by atoms with Gasteiger partial charge in [-0.15, -0.1) is 5.10 Å². The molecule has 30 heavy (non-hydrogen) atoms. The maximum absolute atomic E-state index is 13.5. The van der Waals surface area contributed by atoms with Crippen LogP contribution in [0.5, 0.6) is 0 Å². The Balaban J connectivity index is 1.47. The summed E-state index contributed by atoms with van der Waals surface area (Å²) < 4.78 is 14.9. The van der Waals surface area contributed by atoms with Crippen molar-refractivity contribution in [2.24, 2.45) is 0 Å². The standard InChI is InChI=1S/C22H18FN5OS/c23-18-12-7-13-19(14-18)28-22(25-26-27-28)30-15-20(29)24-21(16-8-3-1-4-9-16)17-10-5-2-6-11-17/h1-14,21H,15H2,(H,24,29). The molecule has 3 aromatic carbocycles. The summed E-state index contributed by atoms with van der Waals surface area (Å²) in [4.78, 5) is 12.7. The highest BCUT2D eigenvalue weighted by Gasteiger charge is 2.18. The van der Waals surface area contributed by atoms with Crippen LogP contribution >= 0.6 is 11.8 Å². The monoisotopic (exact) mass is 419 g/mol. The summed E-state index contributed by atoms with van der Waals surface area (Å²) in [5.41, 5.74) is 2.48. The summed E-state index contributed by atoms with van der Waals surface area (Å²) in [6.07, 6.45) is 0. The highest BCUT2D eigenvalue weighted by Crippen LogP contribution is 2.23. The highest BCUT2D eigenvalue weighted by molar-refractivity contribution is 7.99. The molecule has 4 rings (SSSR count). The molecule has 0 spiro atoms. The van der Waals surface area contributed by atoms with Crippen molar-refractivity contribution in [1.82, 2.24) is 25.5 Å². The van der Waals surface area contributed by atoms with Crippen LogP contribution in [0, 0.1) is 5.82 Å². The van der Waals surface area contributed by atoms with Crippen LogP contribution in [-0.2, 0) is 4.79 Å². The normalized spacial score (nSPS) is 10.9. The molecule has 0 saturated carbocycles. The van der Waals surface area contributed by atoms with Gasteiger partial charge in [0.1, 0.15) is 5.82 Å². The molecule has 0 radical (unpaired) electrons. The second-order valence-electron chi connectivity index (χ2n) is 6.46. The summed E-state index contributed by atoms with van der Waals surface area (Å²) in [5, 5.41) is 15.0. The van der Waals surface area contributed by atoms with Gasteiger partial charge < -0.3 is 5.32 Å². The van der Waals surface area contributed by atoms with Gasteiger partial charge in [-0.05, 0) is 39.8 Å². The zero-order valence-corrected chi connectivity index (χ0v) is 16.7. The molecule has 0 fully saturated rings. The molecule has 1 amide bonds. The number of carbonyl (C=O) groups is 1. The average molecular weight is 419 g/mol. The maximum Gasteiger partial charge on any atom is 0.231 e. The van der Waals surface area contributed by atoms with E-state index >= 15 is 0 Å². The molecular formula is C22H18FN5OS. The Hall–Kier alpha value is -3.52. The number of hydrogen-bond acceptors (Lipinski definition) is 5. The van der Waals surface area contributed by atoms with Gasteiger partial charge in [0, 0.05) is 0 Å². The number of carbonyl (C=O) groups excluding carboxylic acids is 1. The lowest BCUT2D eigenvalue weighted by Gasteiger charge is -2.19. The SMILES string of the molecule is O=C(CSc1nnnn1-c1cccc(F)c1)NC(c1ccccc1)c1ccccc1. The Morgan fingerprint density at radius 2 is 1.63 bits per heavy atom. The zero-order valence-electron chi connectivity index (χ0n) is 15.9. The van der Waals surface area contributed by atoms with E-state index in [1.54, 1.807) is 12.1 Å². The summed E-state index contributed by atoms with van der Waals surface area (Å²) in [7, 11) is 0. The van der Waals surface area contributed by atoms with Gasteiger partial charge in [-0.1, -0.05) is 78.5 Å². The average Bonchev–Trinajstić information content (AvgIpc) is 3.26. The number of amides is 1. The number of halogens is 1. The first-order valence-corrected chi connectivity index (χ1v) is 10.3. The molecular weight excluding hydrogens is 401 g/mol. The molecule has 4 aromatic rings. The van der Waals surface area contributed by atoms with E-state index in [1.807, 2.05) is 60.7 Å². The van der Waals surface area contributed by atoms with Gasteiger partial charge in [-0.2, -0.15) is 4.68 Å². The Morgan fingerprint density at radius 1 is 0.967 bits per heavy atom. The molecule has 0 aliphatic carbocycles. The molecule has 0 atom stereocenters. The van der Waals surface area contributed by atoms with E-state index in [1.165, 1.54) is 28.6 Å². The lowest BCUT2D eigenvalue weighted by Crippen LogP contribution is -2.30. The largest absolute Gasteiger partial charge is 0.344 e. The second-order valence-corrected chi connectivity index (χ2v) is 7.41. The van der Waals surface area contributed by atoms with Crippen molar-refractivity contribution in [2.75, 3.05) is 5.75 Å². The van der Waals surface area contributed by atoms with Crippen molar-refractivity contribution in [3.63, 3.8) is 0 Å². The number of nitrogens with zero attached hydrogens (tertiary/aromatic N) is 4. The van der Waals surface area contributed by atoms with Crippen molar-refractivity contribution >= 4 is 17.7 Å². The van der Waals surface area contributed by atoms with Gasteiger partial charge in [0.25, 0.3) is 0 Å². The molecule has 1 aromatic heterocycles. The molecule has 0 unspecified atom stereocenters. The summed E-state index contributed by atoms with van der Waals surface area (Å²) in [5.74, 6) is -0.428. The molecule has 0 aliphatic heterocycles. The van der Waals surface area contributed by atoms with Crippen molar-refractivity contribution < 1.29 is 9.18 Å². The minimum Gasteiger partial charge on any atom is -0.344 e. The lowest BCUT2D eigenvalue weighted by atomic mass is 9.99. The molecule has 0 aliphatic rings. The third kappa shape index (κ3) is 4.72. The van der Waals surface area contributed by atoms with E-state index in [4.69, 9.17) is 0 Å². The van der Waals surface area contributed by atoms with Crippen molar-refractivity contribution in [3.05, 3.63) is 102 Å². The van der Waals surface area contributed by atoms with E-state index < -0.39 is 0 Å². The van der Waals surface area contributed by atoms with Gasteiger partial charge in [0.2, 0.25) is 11.1 Å². The molecule has 6 nitrogen and oxygen atoms in total. The van der Waals surface area contributed by atoms with Crippen LogP contribution in [0.25, 0.3) is 5.69 Å². The topological polar surface area (TPSA) is 72.7 Å². The second kappa shape index (κ2) is 9.32. The number of tetrazole rings is 1. The fraction of sp³-hybridized carbons (Fsp3) is 0.0909. The Labute approximate surface area is 177 Å². The fourth-order valence-corrected chi connectivity index (χ4v) is 3.72. The van der Waals surface area contributed by atoms with E-state index in [9.17, 15) is 9.18 Å². The summed E-state index contributed by atoms with van der Waals surface area (Å²) in [6.45, 7) is 0. The highest BCUT2D eigenvalue weighted by atomic mass is 32.2. The van der Waals surface area contributed by atoms with Crippen LogP contribution < -0.4 is 5.32 Å². The van der Waals surface area contributed by atoms with E-state index in [-0.39, 0.29) is 23.5 Å². The zero-order chi connectivity index (χ0) is 20.8. The smallest absolute Gasteiger partial charge is 0.231 e. The quantitative estimate of drug-likeness (QED) is 0.461. The number of thioether (sulfide) groups is 1. The van der Waals surface area contributed by atoms with Gasteiger partial charge in [0.15, 0.2) is 0 Å². The predicted octanol–water partition coefficient (Wildman–Crippen LogP) is 3.80. The molecule has 150 valence electrons. The first kappa shape index (κ1) is 19.8. The summed E-state index contributed by atoms with van der Waals surface area (Å²) >= 11 is 1.19. The minimum absolute atomic E-state index is 0.117. The molecule has 1 heterocycles. The van der Waals surface area contributed by atoms with Crippen LogP contribution in [0.4, 0.5) is 4.39 Å². The fourth-order valence-electron chi connectivity index (χ4n) is 3.02. The van der Waals surface area contributed by atoms with Gasteiger partial charge in [0.05, 0.1) is 17.5 Å². The number of benzene rings is 3. The molecule has 1 N–H and O–H groups in total. The van der Waals surface area contributed by atoms with E-state index in [0.29, 0.717) is 10.8 Å². The molecule has 0 bridgehead atoms. The number of aromatic nitrogens is 4. The van der Waals surface area contributed by atoms with Crippen LogP contribution in [0.1, 0.15) is 17.2 Å².